The van der Waals surface area contributed by atoms with Crippen molar-refractivity contribution < 1.29 is 0 Å². The first kappa shape index (κ1) is 13.7. The van der Waals surface area contributed by atoms with E-state index in [1.165, 1.54) is 36.2 Å². The van der Waals surface area contributed by atoms with Crippen LogP contribution in [0.1, 0.15) is 44.7 Å². The lowest BCUT2D eigenvalue weighted by atomic mass is 9.87. The van der Waals surface area contributed by atoms with Crippen LogP contribution in [-0.4, -0.2) is 6.54 Å². The summed E-state index contributed by atoms with van der Waals surface area (Å²) in [4.78, 5) is 0. The molecule has 1 saturated carbocycles. The van der Waals surface area contributed by atoms with Gasteiger partial charge in [0.1, 0.15) is 0 Å². The first-order valence-corrected chi connectivity index (χ1v) is 7.88. The van der Waals surface area contributed by atoms with Gasteiger partial charge in [-0.1, -0.05) is 49.9 Å². The molecule has 0 radical (unpaired) electrons. The Labute approximate surface area is 118 Å². The Morgan fingerprint density at radius 3 is 2.71 bits per heavy atom. The summed E-state index contributed by atoms with van der Waals surface area (Å²) in [5.41, 5.74) is 1.20. The maximum atomic E-state index is 6.30. The van der Waals surface area contributed by atoms with E-state index < -0.39 is 0 Å². The van der Waals surface area contributed by atoms with E-state index in [4.69, 9.17) is 23.2 Å². The van der Waals surface area contributed by atoms with Gasteiger partial charge in [0, 0.05) is 11.6 Å². The number of thiophene rings is 1. The summed E-state index contributed by atoms with van der Waals surface area (Å²) in [6.45, 7) is 5.47. The molecule has 1 N–H and O–H groups in total. The molecular weight excluding hydrogens is 273 g/mol. The van der Waals surface area contributed by atoms with Crippen LogP contribution >= 0.6 is 34.5 Å². The van der Waals surface area contributed by atoms with Gasteiger partial charge in [-0.25, -0.2) is 0 Å². The lowest BCUT2D eigenvalue weighted by Crippen LogP contribution is -2.29. The monoisotopic (exact) mass is 291 g/mol. The molecule has 1 aliphatic carbocycles. The van der Waals surface area contributed by atoms with Crippen LogP contribution < -0.4 is 5.32 Å². The second kappa shape index (κ2) is 5.92. The van der Waals surface area contributed by atoms with Gasteiger partial charge >= 0.3 is 0 Å². The zero-order valence-electron chi connectivity index (χ0n) is 10.3. The van der Waals surface area contributed by atoms with Gasteiger partial charge in [0.25, 0.3) is 0 Å². The van der Waals surface area contributed by atoms with E-state index in [9.17, 15) is 0 Å². The smallest absolute Gasteiger partial charge is 0.0992 e. The zero-order valence-corrected chi connectivity index (χ0v) is 12.6. The van der Waals surface area contributed by atoms with E-state index in [0.717, 1.165) is 21.1 Å². The number of nitrogens with one attached hydrogen (secondary N) is 1. The van der Waals surface area contributed by atoms with Gasteiger partial charge in [-0.3, -0.25) is 0 Å². The molecule has 0 saturated heterocycles. The van der Waals surface area contributed by atoms with Crippen molar-refractivity contribution in [1.29, 1.82) is 0 Å². The van der Waals surface area contributed by atoms with Gasteiger partial charge < -0.3 is 5.32 Å². The molecule has 1 aliphatic rings. The second-order valence-electron chi connectivity index (χ2n) is 4.89. The van der Waals surface area contributed by atoms with E-state index in [-0.39, 0.29) is 0 Å². The van der Waals surface area contributed by atoms with E-state index in [0.29, 0.717) is 12.0 Å². The fraction of sp³-hybridized carbons (Fsp3) is 0.692. The number of rotatable bonds is 4. The molecule has 96 valence electrons. The molecule has 0 aromatic carbocycles. The molecule has 17 heavy (non-hydrogen) atoms. The van der Waals surface area contributed by atoms with Gasteiger partial charge in [-0.15, -0.1) is 11.3 Å². The average Bonchev–Trinajstić information content (AvgIpc) is 2.82. The minimum atomic E-state index is 0.369. The summed E-state index contributed by atoms with van der Waals surface area (Å²) < 4.78 is 1.64. The Hall–Kier alpha value is 0.240. The molecule has 0 amide bonds. The summed E-state index contributed by atoms with van der Waals surface area (Å²) in [7, 11) is 0. The maximum absolute atomic E-state index is 6.30. The summed E-state index contributed by atoms with van der Waals surface area (Å²) in [6, 6.07) is 2.40. The molecule has 4 heteroatoms. The molecule has 1 aromatic rings. The topological polar surface area (TPSA) is 12.0 Å². The van der Waals surface area contributed by atoms with Crippen LogP contribution in [-0.2, 0) is 0 Å². The molecule has 0 bridgehead atoms. The minimum Gasteiger partial charge on any atom is -0.310 e. The number of hydrogen-bond donors (Lipinski definition) is 1. The normalized spacial score (nSPS) is 26.4. The highest BCUT2D eigenvalue weighted by Crippen LogP contribution is 2.44. The molecule has 1 heterocycles. The first-order chi connectivity index (χ1) is 8.13. The molecule has 0 aliphatic heterocycles. The predicted octanol–water partition coefficient (Wildman–Crippen LogP) is 5.14. The Balaban J connectivity index is 2.25. The second-order valence-corrected chi connectivity index (χ2v) is 7.17. The van der Waals surface area contributed by atoms with Crippen LogP contribution in [0.25, 0.3) is 0 Å². The zero-order chi connectivity index (χ0) is 12.4. The van der Waals surface area contributed by atoms with Crippen molar-refractivity contribution >= 4 is 34.5 Å². The molecule has 2 rings (SSSR count). The van der Waals surface area contributed by atoms with Crippen LogP contribution in [0.3, 0.4) is 0 Å². The lowest BCUT2D eigenvalue weighted by molar-refractivity contribution is 0.306. The van der Waals surface area contributed by atoms with E-state index in [2.05, 4.69) is 19.2 Å². The lowest BCUT2D eigenvalue weighted by Gasteiger charge is -2.27. The molecule has 3 atom stereocenters. The van der Waals surface area contributed by atoms with E-state index >= 15 is 0 Å². The molecule has 3 unspecified atom stereocenters. The highest BCUT2D eigenvalue weighted by molar-refractivity contribution is 7.20. The van der Waals surface area contributed by atoms with E-state index in [1.54, 1.807) is 0 Å². The van der Waals surface area contributed by atoms with Crippen LogP contribution in [0.5, 0.6) is 0 Å². The number of hydrogen-bond acceptors (Lipinski definition) is 2. The molecular formula is C13H19Cl2NS. The molecule has 1 fully saturated rings. The highest BCUT2D eigenvalue weighted by Gasteiger charge is 2.33. The standard InChI is InChI=1S/C13H19Cl2NS/c1-3-16-12(9-6-4-5-8(9)2)10-7-11(14)17-13(10)15/h7-9,12,16H,3-6H2,1-2H3. The molecule has 0 spiro atoms. The Bertz CT molecular complexity index is 377. The average molecular weight is 292 g/mol. The largest absolute Gasteiger partial charge is 0.310 e. The summed E-state index contributed by atoms with van der Waals surface area (Å²) in [5, 5.41) is 3.59. The molecule has 1 aromatic heterocycles. The van der Waals surface area contributed by atoms with Crippen molar-refractivity contribution in [2.24, 2.45) is 11.8 Å². The van der Waals surface area contributed by atoms with Gasteiger partial charge in [0.2, 0.25) is 0 Å². The third kappa shape index (κ3) is 2.98. The van der Waals surface area contributed by atoms with Crippen molar-refractivity contribution in [3.63, 3.8) is 0 Å². The van der Waals surface area contributed by atoms with Crippen LogP contribution in [0.4, 0.5) is 0 Å². The minimum absolute atomic E-state index is 0.369. The quantitative estimate of drug-likeness (QED) is 0.810. The van der Waals surface area contributed by atoms with Crippen molar-refractivity contribution in [2.75, 3.05) is 6.54 Å². The van der Waals surface area contributed by atoms with Crippen molar-refractivity contribution in [3.05, 3.63) is 20.3 Å². The first-order valence-electron chi connectivity index (χ1n) is 6.31. The van der Waals surface area contributed by atoms with Gasteiger partial charge in [0.05, 0.1) is 8.67 Å². The summed E-state index contributed by atoms with van der Waals surface area (Å²) in [5.74, 6) is 1.46. The number of halogens is 2. The van der Waals surface area contributed by atoms with Crippen molar-refractivity contribution in [1.82, 2.24) is 5.32 Å². The maximum Gasteiger partial charge on any atom is 0.0992 e. The summed E-state index contributed by atoms with van der Waals surface area (Å²) in [6.07, 6.45) is 3.97. The highest BCUT2D eigenvalue weighted by atomic mass is 35.5. The SMILES string of the molecule is CCNC(c1cc(Cl)sc1Cl)C1CCCC1C. The fourth-order valence-corrected chi connectivity index (χ4v) is 4.50. The third-order valence-corrected chi connectivity index (χ3v) is 5.32. The van der Waals surface area contributed by atoms with Gasteiger partial charge in [-0.05, 0) is 30.9 Å². The van der Waals surface area contributed by atoms with Crippen LogP contribution in [0, 0.1) is 11.8 Å². The van der Waals surface area contributed by atoms with Crippen molar-refractivity contribution in [2.45, 2.75) is 39.2 Å². The summed E-state index contributed by atoms with van der Waals surface area (Å²) >= 11 is 13.8. The van der Waals surface area contributed by atoms with Gasteiger partial charge in [0.15, 0.2) is 0 Å². The Morgan fingerprint density at radius 1 is 1.47 bits per heavy atom. The third-order valence-electron chi connectivity index (χ3n) is 3.80. The van der Waals surface area contributed by atoms with E-state index in [1.807, 2.05) is 6.07 Å². The Morgan fingerprint density at radius 2 is 2.24 bits per heavy atom. The molecule has 1 nitrogen and oxygen atoms in total. The van der Waals surface area contributed by atoms with Gasteiger partial charge in [-0.2, -0.15) is 0 Å². The Kier molecular flexibility index (Phi) is 4.76. The fourth-order valence-electron chi connectivity index (χ4n) is 2.95. The van der Waals surface area contributed by atoms with Crippen LogP contribution in [0.15, 0.2) is 6.07 Å². The predicted molar refractivity (Wildman–Crippen MR) is 77.3 cm³/mol. The van der Waals surface area contributed by atoms with Crippen LogP contribution in [0.2, 0.25) is 8.67 Å². The van der Waals surface area contributed by atoms with Crippen molar-refractivity contribution in [3.8, 4) is 0 Å².